The molecule has 0 aliphatic carbocycles. The SMILES string of the molecule is CC(Cc1ccccc1)NC(=O)O.O=C1CCC(=O)N1. The Morgan fingerprint density at radius 1 is 1.25 bits per heavy atom. The Balaban J connectivity index is 0.000000240. The summed E-state index contributed by atoms with van der Waals surface area (Å²) in [4.78, 5) is 30.5. The molecule has 20 heavy (non-hydrogen) atoms. The first-order valence-corrected chi connectivity index (χ1v) is 6.33. The fourth-order valence-corrected chi connectivity index (χ4v) is 1.74. The van der Waals surface area contributed by atoms with E-state index in [4.69, 9.17) is 5.11 Å². The lowest BCUT2D eigenvalue weighted by molar-refractivity contribution is -0.124. The molecule has 0 saturated carbocycles. The minimum absolute atomic E-state index is 0.0418. The van der Waals surface area contributed by atoms with Crippen LogP contribution < -0.4 is 10.6 Å². The van der Waals surface area contributed by atoms with Crippen LogP contribution in [0.15, 0.2) is 30.3 Å². The zero-order chi connectivity index (χ0) is 15.0. The first-order valence-electron chi connectivity index (χ1n) is 6.33. The molecule has 1 aliphatic heterocycles. The molecule has 3 amide bonds. The van der Waals surface area contributed by atoms with Crippen LogP contribution >= 0.6 is 0 Å². The van der Waals surface area contributed by atoms with Gasteiger partial charge in [-0.1, -0.05) is 30.3 Å². The van der Waals surface area contributed by atoms with Gasteiger partial charge in [0.15, 0.2) is 0 Å². The Morgan fingerprint density at radius 2 is 1.80 bits per heavy atom. The molecule has 1 aliphatic rings. The quantitative estimate of drug-likeness (QED) is 0.726. The van der Waals surface area contributed by atoms with Crippen LogP contribution in [-0.2, 0) is 16.0 Å². The van der Waals surface area contributed by atoms with Crippen LogP contribution in [0.3, 0.4) is 0 Å². The van der Waals surface area contributed by atoms with Crippen LogP contribution in [0.1, 0.15) is 25.3 Å². The second kappa shape index (κ2) is 7.93. The average molecular weight is 278 g/mol. The summed E-state index contributed by atoms with van der Waals surface area (Å²) in [5, 5.41) is 13.0. The summed E-state index contributed by atoms with van der Waals surface area (Å²) in [6.45, 7) is 1.85. The van der Waals surface area contributed by atoms with E-state index in [-0.39, 0.29) is 17.9 Å². The van der Waals surface area contributed by atoms with Crippen LogP contribution in [-0.4, -0.2) is 29.1 Å². The highest BCUT2D eigenvalue weighted by Gasteiger charge is 2.15. The van der Waals surface area contributed by atoms with Gasteiger partial charge in [0.05, 0.1) is 0 Å². The molecule has 1 fully saturated rings. The van der Waals surface area contributed by atoms with Crippen molar-refractivity contribution in [3.05, 3.63) is 35.9 Å². The first-order chi connectivity index (χ1) is 9.47. The Labute approximate surface area is 117 Å². The van der Waals surface area contributed by atoms with E-state index in [2.05, 4.69) is 10.6 Å². The van der Waals surface area contributed by atoms with Gasteiger partial charge in [0.25, 0.3) is 0 Å². The largest absolute Gasteiger partial charge is 0.465 e. The number of hydrogen-bond acceptors (Lipinski definition) is 3. The molecule has 1 atom stereocenters. The minimum Gasteiger partial charge on any atom is -0.465 e. The van der Waals surface area contributed by atoms with E-state index >= 15 is 0 Å². The zero-order valence-corrected chi connectivity index (χ0v) is 11.3. The molecule has 2 rings (SSSR count). The third-order valence-corrected chi connectivity index (χ3v) is 2.61. The van der Waals surface area contributed by atoms with Crippen molar-refractivity contribution in [3.63, 3.8) is 0 Å². The van der Waals surface area contributed by atoms with Gasteiger partial charge < -0.3 is 10.4 Å². The van der Waals surface area contributed by atoms with Crippen molar-refractivity contribution in [1.82, 2.24) is 10.6 Å². The molecule has 1 unspecified atom stereocenters. The highest BCUT2D eigenvalue weighted by molar-refractivity contribution is 6.01. The normalized spacial score (nSPS) is 14.8. The molecule has 3 N–H and O–H groups in total. The number of carbonyl (C=O) groups is 3. The molecular formula is C14H18N2O4. The lowest BCUT2D eigenvalue weighted by atomic mass is 10.1. The van der Waals surface area contributed by atoms with Gasteiger partial charge in [-0.3, -0.25) is 14.9 Å². The summed E-state index contributed by atoms with van der Waals surface area (Å²) in [7, 11) is 0. The van der Waals surface area contributed by atoms with Crippen LogP contribution in [0.5, 0.6) is 0 Å². The number of hydrogen-bond donors (Lipinski definition) is 3. The summed E-state index contributed by atoms with van der Waals surface area (Å²) in [6, 6.07) is 9.77. The third kappa shape index (κ3) is 6.53. The summed E-state index contributed by atoms with van der Waals surface area (Å²) >= 11 is 0. The number of amides is 3. The predicted octanol–water partition coefficient (Wildman–Crippen LogP) is 1.31. The number of carboxylic acid groups (broad SMARTS) is 1. The predicted molar refractivity (Wildman–Crippen MR) is 73.2 cm³/mol. The first kappa shape index (κ1) is 15.7. The van der Waals surface area contributed by atoms with Crippen molar-refractivity contribution in [2.75, 3.05) is 0 Å². The van der Waals surface area contributed by atoms with E-state index in [1.165, 1.54) is 0 Å². The average Bonchev–Trinajstić information content (AvgIpc) is 2.74. The van der Waals surface area contributed by atoms with Gasteiger partial charge in [-0.15, -0.1) is 0 Å². The second-order valence-corrected chi connectivity index (χ2v) is 4.51. The molecule has 1 heterocycles. The molecule has 6 nitrogen and oxygen atoms in total. The standard InChI is InChI=1S/C10H13NO2.C4H5NO2/c1-8(11-10(12)13)7-9-5-3-2-4-6-9;6-3-1-2-4(7)5-3/h2-6,8,11H,7H2,1H3,(H,12,13);1-2H2,(H,5,6,7). The summed E-state index contributed by atoms with van der Waals surface area (Å²) in [5.41, 5.74) is 1.14. The van der Waals surface area contributed by atoms with Gasteiger partial charge in [0.1, 0.15) is 0 Å². The molecule has 6 heteroatoms. The van der Waals surface area contributed by atoms with Crippen LogP contribution in [0, 0.1) is 0 Å². The minimum atomic E-state index is -0.969. The van der Waals surface area contributed by atoms with Crippen molar-refractivity contribution in [2.24, 2.45) is 0 Å². The molecule has 0 aromatic heterocycles. The van der Waals surface area contributed by atoms with Crippen molar-refractivity contribution >= 4 is 17.9 Å². The number of benzene rings is 1. The lowest BCUT2D eigenvalue weighted by Gasteiger charge is -2.10. The Kier molecular flexibility index (Phi) is 6.22. The number of imide groups is 1. The van der Waals surface area contributed by atoms with Crippen LogP contribution in [0.2, 0.25) is 0 Å². The van der Waals surface area contributed by atoms with Gasteiger partial charge in [-0.2, -0.15) is 0 Å². The zero-order valence-electron chi connectivity index (χ0n) is 11.3. The van der Waals surface area contributed by atoms with Crippen LogP contribution in [0.25, 0.3) is 0 Å². The summed E-state index contributed by atoms with van der Waals surface area (Å²) in [6.07, 6.45) is 0.508. The molecule has 1 aromatic rings. The number of rotatable bonds is 3. The maximum absolute atomic E-state index is 10.3. The highest BCUT2D eigenvalue weighted by Crippen LogP contribution is 2.02. The maximum atomic E-state index is 10.3. The van der Waals surface area contributed by atoms with Crippen molar-refractivity contribution in [3.8, 4) is 0 Å². The number of nitrogens with one attached hydrogen (secondary N) is 2. The molecule has 0 bridgehead atoms. The van der Waals surface area contributed by atoms with Crippen molar-refractivity contribution in [1.29, 1.82) is 0 Å². The number of carbonyl (C=O) groups excluding carboxylic acids is 2. The van der Waals surface area contributed by atoms with E-state index in [1.807, 2.05) is 37.3 Å². The van der Waals surface area contributed by atoms with E-state index in [0.29, 0.717) is 12.8 Å². The highest BCUT2D eigenvalue weighted by atomic mass is 16.4. The molecule has 1 aromatic carbocycles. The summed E-state index contributed by atoms with van der Waals surface area (Å²) < 4.78 is 0. The van der Waals surface area contributed by atoms with Gasteiger partial charge in [0, 0.05) is 18.9 Å². The van der Waals surface area contributed by atoms with E-state index < -0.39 is 6.09 Å². The topological polar surface area (TPSA) is 95.5 Å². The molecule has 108 valence electrons. The molecular weight excluding hydrogens is 260 g/mol. The molecule has 0 spiro atoms. The fraction of sp³-hybridized carbons (Fsp3) is 0.357. The van der Waals surface area contributed by atoms with Gasteiger partial charge in [0.2, 0.25) is 11.8 Å². The fourth-order valence-electron chi connectivity index (χ4n) is 1.74. The van der Waals surface area contributed by atoms with Gasteiger partial charge >= 0.3 is 6.09 Å². The summed E-state index contributed by atoms with van der Waals surface area (Å²) in [5.74, 6) is -0.296. The smallest absolute Gasteiger partial charge is 0.404 e. The Hall–Kier alpha value is -2.37. The van der Waals surface area contributed by atoms with E-state index in [9.17, 15) is 14.4 Å². The van der Waals surface area contributed by atoms with E-state index in [0.717, 1.165) is 12.0 Å². The maximum Gasteiger partial charge on any atom is 0.404 e. The molecule has 0 radical (unpaired) electrons. The van der Waals surface area contributed by atoms with Gasteiger partial charge in [-0.25, -0.2) is 4.79 Å². The second-order valence-electron chi connectivity index (χ2n) is 4.51. The van der Waals surface area contributed by atoms with Gasteiger partial charge in [-0.05, 0) is 18.9 Å². The van der Waals surface area contributed by atoms with Crippen LogP contribution in [0.4, 0.5) is 4.79 Å². The third-order valence-electron chi connectivity index (χ3n) is 2.61. The molecule has 1 saturated heterocycles. The Morgan fingerprint density at radius 3 is 2.20 bits per heavy atom. The van der Waals surface area contributed by atoms with E-state index in [1.54, 1.807) is 0 Å². The Bertz CT molecular complexity index is 459. The monoisotopic (exact) mass is 278 g/mol. The van der Waals surface area contributed by atoms with Crippen molar-refractivity contribution < 1.29 is 19.5 Å². The van der Waals surface area contributed by atoms with Crippen molar-refractivity contribution in [2.45, 2.75) is 32.2 Å². The lowest BCUT2D eigenvalue weighted by Crippen LogP contribution is -2.32.